The van der Waals surface area contributed by atoms with Gasteiger partial charge in [0.2, 0.25) is 5.88 Å². The van der Waals surface area contributed by atoms with Crippen LogP contribution >= 0.6 is 0 Å². The van der Waals surface area contributed by atoms with Crippen LogP contribution in [-0.4, -0.2) is 22.4 Å². The van der Waals surface area contributed by atoms with E-state index in [0.29, 0.717) is 22.8 Å². The molecular weight excluding hydrogens is 456 g/mol. The molecule has 8 nitrogen and oxygen atoms in total. The molecular formula is C28H24N4O4. The Labute approximate surface area is 208 Å². The number of methoxy groups -OCH3 is 1. The van der Waals surface area contributed by atoms with E-state index < -0.39 is 11.5 Å². The van der Waals surface area contributed by atoms with E-state index in [9.17, 15) is 14.9 Å². The lowest BCUT2D eigenvalue weighted by atomic mass is 10.1. The molecule has 2 aromatic heterocycles. The number of aromatic nitrogens is 2. The molecule has 0 atom stereocenters. The molecule has 0 aliphatic rings. The average molecular weight is 481 g/mol. The Morgan fingerprint density at radius 3 is 2.47 bits per heavy atom. The second kappa shape index (κ2) is 10.2. The maximum Gasteiger partial charge on any atom is 0.269 e. The Kier molecular flexibility index (Phi) is 6.84. The van der Waals surface area contributed by atoms with Crippen molar-refractivity contribution in [1.29, 1.82) is 5.26 Å². The van der Waals surface area contributed by atoms with E-state index >= 15 is 0 Å². The van der Waals surface area contributed by atoms with Crippen LogP contribution in [0.4, 0.5) is 5.69 Å². The molecule has 0 aliphatic carbocycles. The van der Waals surface area contributed by atoms with E-state index in [0.717, 1.165) is 16.7 Å². The van der Waals surface area contributed by atoms with Crippen molar-refractivity contribution in [3.8, 4) is 23.4 Å². The third-order valence-electron chi connectivity index (χ3n) is 5.62. The monoisotopic (exact) mass is 480 g/mol. The molecule has 0 saturated heterocycles. The Morgan fingerprint density at radius 2 is 1.78 bits per heavy atom. The zero-order chi connectivity index (χ0) is 25.8. The average Bonchev–Trinajstić information content (AvgIpc) is 2.87. The third-order valence-corrected chi connectivity index (χ3v) is 5.62. The van der Waals surface area contributed by atoms with E-state index in [1.54, 1.807) is 43.6 Å². The molecule has 4 rings (SSSR count). The third kappa shape index (κ3) is 4.95. The van der Waals surface area contributed by atoms with Gasteiger partial charge in [-0.15, -0.1) is 0 Å². The topological polar surface area (TPSA) is 106 Å². The van der Waals surface area contributed by atoms with Gasteiger partial charge in [0.15, 0.2) is 0 Å². The van der Waals surface area contributed by atoms with Gasteiger partial charge in [0.05, 0.1) is 7.11 Å². The fraction of sp³-hybridized carbons (Fsp3) is 0.143. The number of nitrogens with zero attached hydrogens (tertiary/aromatic N) is 3. The molecule has 2 heterocycles. The van der Waals surface area contributed by atoms with Crippen molar-refractivity contribution in [3.63, 3.8) is 0 Å². The van der Waals surface area contributed by atoms with Crippen molar-refractivity contribution in [3.05, 3.63) is 99.0 Å². The number of ether oxygens (including phenoxy) is 2. The first-order valence-electron chi connectivity index (χ1n) is 11.1. The fourth-order valence-electron chi connectivity index (χ4n) is 3.60. The van der Waals surface area contributed by atoms with Crippen molar-refractivity contribution in [2.24, 2.45) is 0 Å². The van der Waals surface area contributed by atoms with Crippen LogP contribution in [0.1, 0.15) is 22.3 Å². The van der Waals surface area contributed by atoms with Gasteiger partial charge in [0, 0.05) is 11.9 Å². The van der Waals surface area contributed by atoms with Gasteiger partial charge in [-0.3, -0.25) is 14.0 Å². The number of pyridine rings is 1. The van der Waals surface area contributed by atoms with E-state index in [2.05, 4.69) is 10.3 Å². The predicted molar refractivity (Wildman–Crippen MR) is 137 cm³/mol. The number of anilines is 1. The summed E-state index contributed by atoms with van der Waals surface area (Å²) in [4.78, 5) is 31.0. The van der Waals surface area contributed by atoms with Crippen LogP contribution < -0.4 is 20.3 Å². The highest BCUT2D eigenvalue weighted by atomic mass is 16.5. The first kappa shape index (κ1) is 24.2. The smallest absolute Gasteiger partial charge is 0.269 e. The second-order valence-corrected chi connectivity index (χ2v) is 8.24. The van der Waals surface area contributed by atoms with E-state index in [-0.39, 0.29) is 17.0 Å². The summed E-state index contributed by atoms with van der Waals surface area (Å²) in [5.41, 5.74) is 2.79. The molecule has 0 unspecified atom stereocenters. The maximum atomic E-state index is 13.5. The normalized spacial score (nSPS) is 11.1. The van der Waals surface area contributed by atoms with Crippen molar-refractivity contribution < 1.29 is 14.3 Å². The number of aryl methyl sites for hydroxylation is 3. The van der Waals surface area contributed by atoms with Gasteiger partial charge >= 0.3 is 0 Å². The van der Waals surface area contributed by atoms with Crippen molar-refractivity contribution in [2.75, 3.05) is 12.4 Å². The summed E-state index contributed by atoms with van der Waals surface area (Å²) >= 11 is 0. The minimum absolute atomic E-state index is 0.0215. The van der Waals surface area contributed by atoms with E-state index in [4.69, 9.17) is 9.47 Å². The summed E-state index contributed by atoms with van der Waals surface area (Å²) in [5.74, 6) is 0.385. The van der Waals surface area contributed by atoms with Gasteiger partial charge in [0.1, 0.15) is 34.4 Å². The lowest BCUT2D eigenvalue weighted by Crippen LogP contribution is -2.21. The highest BCUT2D eigenvalue weighted by molar-refractivity contribution is 6.10. The van der Waals surface area contributed by atoms with Gasteiger partial charge in [-0.1, -0.05) is 18.2 Å². The summed E-state index contributed by atoms with van der Waals surface area (Å²) < 4.78 is 12.5. The molecule has 0 spiro atoms. The number of nitrogens with one attached hydrogen (secondary N) is 1. The van der Waals surface area contributed by atoms with Crippen molar-refractivity contribution in [2.45, 2.75) is 20.8 Å². The number of hydrogen-bond donors (Lipinski definition) is 1. The molecule has 0 bridgehead atoms. The first-order valence-corrected chi connectivity index (χ1v) is 11.1. The molecule has 180 valence electrons. The molecule has 2 aromatic carbocycles. The molecule has 0 fully saturated rings. The Balaban J connectivity index is 1.82. The zero-order valence-corrected chi connectivity index (χ0v) is 20.3. The first-order chi connectivity index (χ1) is 17.3. The molecule has 8 heteroatoms. The van der Waals surface area contributed by atoms with Gasteiger partial charge < -0.3 is 14.8 Å². The summed E-state index contributed by atoms with van der Waals surface area (Å²) in [6.07, 6.45) is 2.79. The summed E-state index contributed by atoms with van der Waals surface area (Å²) in [6.45, 7) is 5.59. The number of amides is 1. The van der Waals surface area contributed by atoms with Crippen molar-refractivity contribution in [1.82, 2.24) is 9.38 Å². The largest absolute Gasteiger partial charge is 0.497 e. The standard InChI is InChI=1S/C28H24N4O4/c1-17-7-8-18(2)24(14-17)30-26(33)20(16-29)15-23-27(36-22-11-9-21(35-4)10-12-22)31-25-19(3)6-5-13-32(25)28(23)34/h5-15H,1-4H3,(H,30,33)/b20-15-. The fourth-order valence-corrected chi connectivity index (χ4v) is 3.60. The number of carbonyl (C=O) groups is 1. The van der Waals surface area contributed by atoms with Gasteiger partial charge in [-0.05, 0) is 79.9 Å². The van der Waals surface area contributed by atoms with Crippen LogP contribution in [0.25, 0.3) is 11.7 Å². The van der Waals surface area contributed by atoms with Crippen LogP contribution in [0.2, 0.25) is 0 Å². The van der Waals surface area contributed by atoms with Crippen LogP contribution in [0.5, 0.6) is 17.4 Å². The van der Waals surface area contributed by atoms with Gasteiger partial charge in [-0.25, -0.2) is 0 Å². The van der Waals surface area contributed by atoms with Crippen LogP contribution in [0, 0.1) is 32.1 Å². The predicted octanol–water partition coefficient (Wildman–Crippen LogP) is 4.97. The minimum Gasteiger partial charge on any atom is -0.497 e. The Hall–Kier alpha value is -4.90. The number of hydrogen-bond acceptors (Lipinski definition) is 6. The Bertz CT molecular complexity index is 1600. The quantitative estimate of drug-likeness (QED) is 0.309. The summed E-state index contributed by atoms with van der Waals surface area (Å²) in [5, 5.41) is 12.5. The number of benzene rings is 2. The van der Waals surface area contributed by atoms with Crippen LogP contribution in [-0.2, 0) is 4.79 Å². The number of fused-ring (bicyclic) bond motifs is 1. The molecule has 1 N–H and O–H groups in total. The second-order valence-electron chi connectivity index (χ2n) is 8.24. The lowest BCUT2D eigenvalue weighted by Gasteiger charge is -2.12. The Morgan fingerprint density at radius 1 is 1.06 bits per heavy atom. The van der Waals surface area contributed by atoms with Gasteiger partial charge in [-0.2, -0.15) is 10.2 Å². The minimum atomic E-state index is -0.643. The molecule has 1 amide bonds. The highest BCUT2D eigenvalue weighted by Gasteiger charge is 2.18. The molecule has 36 heavy (non-hydrogen) atoms. The zero-order valence-electron chi connectivity index (χ0n) is 20.3. The number of carbonyl (C=O) groups excluding carboxylic acids is 1. The van der Waals surface area contributed by atoms with Crippen LogP contribution in [0.15, 0.2) is 71.2 Å². The molecule has 4 aromatic rings. The maximum absolute atomic E-state index is 13.5. The summed E-state index contributed by atoms with van der Waals surface area (Å²) in [7, 11) is 1.56. The van der Waals surface area contributed by atoms with Crippen LogP contribution in [0.3, 0.4) is 0 Å². The molecule has 0 saturated carbocycles. The van der Waals surface area contributed by atoms with E-state index in [1.165, 1.54) is 10.5 Å². The molecule has 0 radical (unpaired) electrons. The van der Waals surface area contributed by atoms with Crippen molar-refractivity contribution >= 4 is 23.3 Å². The highest BCUT2D eigenvalue weighted by Crippen LogP contribution is 2.27. The SMILES string of the molecule is COc1ccc(Oc2nc3c(C)cccn3c(=O)c2/C=C(/C#N)C(=O)Nc2cc(C)ccc2C)cc1. The number of rotatable bonds is 6. The molecule has 0 aliphatic heterocycles. The summed E-state index contributed by atoms with van der Waals surface area (Å²) in [6, 6.07) is 17.8. The lowest BCUT2D eigenvalue weighted by molar-refractivity contribution is -0.112. The van der Waals surface area contributed by atoms with E-state index in [1.807, 2.05) is 51.1 Å². The number of nitriles is 1. The van der Waals surface area contributed by atoms with Gasteiger partial charge in [0.25, 0.3) is 11.5 Å².